The molecule has 3 aromatic carbocycles. The van der Waals surface area contributed by atoms with Gasteiger partial charge in [-0.1, -0.05) is 30.3 Å². The molecule has 0 radical (unpaired) electrons. The lowest BCUT2D eigenvalue weighted by atomic mass is 10.1. The number of aromatic nitrogens is 2. The van der Waals surface area contributed by atoms with E-state index in [1.54, 1.807) is 42.2 Å². The Kier molecular flexibility index (Phi) is 8.44. The first-order chi connectivity index (χ1) is 21.5. The van der Waals surface area contributed by atoms with Crippen LogP contribution in [0.3, 0.4) is 0 Å². The standard InChI is InChI=1S/C33H33N5O6/c1-41-27-11-8-24(18-29(27)42-2)26-10-13-31(35-34-26)36-14-16-37(17-15-36)32(39)21-38(20-23-6-4-3-5-7-23)33(40)25-9-12-28-30(19-25)44-22-43-28/h3-13,18-19H,14-17,20-22H2,1-2H3. The van der Waals surface area contributed by atoms with Crippen molar-refractivity contribution in [2.45, 2.75) is 6.54 Å². The predicted molar refractivity (Wildman–Crippen MR) is 163 cm³/mol. The third-order valence-electron chi connectivity index (χ3n) is 7.74. The molecule has 2 amide bonds. The Morgan fingerprint density at radius 1 is 0.818 bits per heavy atom. The zero-order chi connectivity index (χ0) is 30.5. The van der Waals surface area contributed by atoms with E-state index in [1.165, 1.54) is 0 Å². The summed E-state index contributed by atoms with van der Waals surface area (Å²) in [5, 5.41) is 8.88. The van der Waals surface area contributed by atoms with Crippen LogP contribution in [0.2, 0.25) is 0 Å². The van der Waals surface area contributed by atoms with Crippen molar-refractivity contribution in [3.05, 3.63) is 90.0 Å². The van der Waals surface area contributed by atoms with Gasteiger partial charge in [-0.3, -0.25) is 9.59 Å². The number of nitrogens with zero attached hydrogens (tertiary/aromatic N) is 5. The molecule has 1 aromatic heterocycles. The number of hydrogen-bond acceptors (Lipinski definition) is 9. The molecular weight excluding hydrogens is 562 g/mol. The molecule has 2 aliphatic rings. The second-order valence-electron chi connectivity index (χ2n) is 10.4. The summed E-state index contributed by atoms with van der Waals surface area (Å²) < 4.78 is 21.6. The van der Waals surface area contributed by atoms with Gasteiger partial charge in [-0.15, -0.1) is 10.2 Å². The second-order valence-corrected chi connectivity index (χ2v) is 10.4. The van der Waals surface area contributed by atoms with Crippen LogP contribution in [0.5, 0.6) is 23.0 Å². The minimum Gasteiger partial charge on any atom is -0.493 e. The summed E-state index contributed by atoms with van der Waals surface area (Å²) in [5.41, 5.74) is 2.97. The molecular formula is C33H33N5O6. The van der Waals surface area contributed by atoms with Crippen LogP contribution in [0.15, 0.2) is 78.9 Å². The van der Waals surface area contributed by atoms with Crippen LogP contribution in [-0.4, -0.2) is 85.5 Å². The van der Waals surface area contributed by atoms with Gasteiger partial charge in [-0.25, -0.2) is 0 Å². The smallest absolute Gasteiger partial charge is 0.254 e. The predicted octanol–water partition coefficient (Wildman–Crippen LogP) is 3.88. The lowest BCUT2D eigenvalue weighted by Gasteiger charge is -2.36. The Labute approximate surface area is 255 Å². The molecule has 3 heterocycles. The van der Waals surface area contributed by atoms with Crippen LogP contribution in [0.25, 0.3) is 11.3 Å². The van der Waals surface area contributed by atoms with E-state index < -0.39 is 0 Å². The minimum absolute atomic E-state index is 0.0397. The first kappa shape index (κ1) is 28.8. The molecule has 4 aromatic rings. The maximum absolute atomic E-state index is 13.6. The average Bonchev–Trinajstić information content (AvgIpc) is 3.56. The largest absolute Gasteiger partial charge is 0.493 e. The molecule has 226 valence electrons. The third kappa shape index (κ3) is 6.22. The molecule has 6 rings (SSSR count). The quantitative estimate of drug-likeness (QED) is 0.285. The van der Waals surface area contributed by atoms with Gasteiger partial charge in [-0.2, -0.15) is 0 Å². The Hall–Kier alpha value is -5.32. The molecule has 0 N–H and O–H groups in total. The Morgan fingerprint density at radius 2 is 1.59 bits per heavy atom. The SMILES string of the molecule is COc1ccc(-c2ccc(N3CCN(C(=O)CN(Cc4ccccc4)C(=O)c4ccc5c(c4)OCO5)CC3)nn2)cc1OC. The van der Waals surface area contributed by atoms with Crippen molar-refractivity contribution in [2.75, 3.05) is 58.6 Å². The van der Waals surface area contributed by atoms with Crippen LogP contribution in [-0.2, 0) is 11.3 Å². The van der Waals surface area contributed by atoms with Gasteiger partial charge in [0.25, 0.3) is 5.91 Å². The summed E-state index contributed by atoms with van der Waals surface area (Å²) in [5.74, 6) is 2.78. The Balaban J connectivity index is 1.10. The molecule has 0 atom stereocenters. The zero-order valence-corrected chi connectivity index (χ0v) is 24.6. The van der Waals surface area contributed by atoms with Crippen molar-refractivity contribution in [3.8, 4) is 34.3 Å². The van der Waals surface area contributed by atoms with E-state index in [4.69, 9.17) is 18.9 Å². The van der Waals surface area contributed by atoms with Gasteiger partial charge in [0.15, 0.2) is 28.8 Å². The molecule has 44 heavy (non-hydrogen) atoms. The number of fused-ring (bicyclic) bond motifs is 1. The molecule has 11 heteroatoms. The maximum Gasteiger partial charge on any atom is 0.254 e. The Morgan fingerprint density at radius 3 is 2.32 bits per heavy atom. The number of carbonyl (C=O) groups is 2. The van der Waals surface area contributed by atoms with Gasteiger partial charge in [0, 0.05) is 43.9 Å². The summed E-state index contributed by atoms with van der Waals surface area (Å²) in [6, 6.07) is 24.2. The van der Waals surface area contributed by atoms with Crippen LogP contribution >= 0.6 is 0 Å². The molecule has 2 aliphatic heterocycles. The van der Waals surface area contributed by atoms with Crippen LogP contribution < -0.4 is 23.8 Å². The van der Waals surface area contributed by atoms with Gasteiger partial charge in [-0.05, 0) is 54.1 Å². The minimum atomic E-state index is -0.246. The highest BCUT2D eigenvalue weighted by Crippen LogP contribution is 2.33. The fourth-order valence-electron chi connectivity index (χ4n) is 5.31. The topological polar surface area (TPSA) is 107 Å². The lowest BCUT2D eigenvalue weighted by molar-refractivity contribution is -0.132. The number of amides is 2. The maximum atomic E-state index is 13.6. The normalized spacial score (nSPS) is 13.9. The number of benzene rings is 3. The summed E-state index contributed by atoms with van der Waals surface area (Å²) in [4.78, 5) is 32.6. The van der Waals surface area contributed by atoms with Crippen molar-refractivity contribution in [2.24, 2.45) is 0 Å². The summed E-state index contributed by atoms with van der Waals surface area (Å²) in [6.45, 7) is 2.61. The molecule has 0 unspecified atom stereocenters. The zero-order valence-electron chi connectivity index (χ0n) is 24.6. The number of piperazine rings is 1. The highest BCUT2D eigenvalue weighted by Gasteiger charge is 2.27. The molecule has 0 aliphatic carbocycles. The number of carbonyl (C=O) groups excluding carboxylic acids is 2. The highest BCUT2D eigenvalue weighted by atomic mass is 16.7. The van der Waals surface area contributed by atoms with Crippen molar-refractivity contribution in [1.82, 2.24) is 20.0 Å². The first-order valence-electron chi connectivity index (χ1n) is 14.3. The lowest BCUT2D eigenvalue weighted by Crippen LogP contribution is -2.52. The van der Waals surface area contributed by atoms with Crippen molar-refractivity contribution >= 4 is 17.6 Å². The fourth-order valence-corrected chi connectivity index (χ4v) is 5.31. The average molecular weight is 596 g/mol. The van der Waals surface area contributed by atoms with Crippen LogP contribution in [0.1, 0.15) is 15.9 Å². The monoisotopic (exact) mass is 595 g/mol. The number of rotatable bonds is 9. The van der Waals surface area contributed by atoms with Gasteiger partial charge in [0.2, 0.25) is 12.7 Å². The Bertz CT molecular complexity index is 1620. The van der Waals surface area contributed by atoms with E-state index in [0.29, 0.717) is 67.0 Å². The molecule has 1 fully saturated rings. The van der Waals surface area contributed by atoms with E-state index in [2.05, 4.69) is 15.1 Å². The second kappa shape index (κ2) is 12.9. The van der Waals surface area contributed by atoms with Crippen molar-refractivity contribution in [1.29, 1.82) is 0 Å². The van der Waals surface area contributed by atoms with E-state index in [-0.39, 0.29) is 25.2 Å². The molecule has 0 saturated carbocycles. The van der Waals surface area contributed by atoms with E-state index in [1.807, 2.05) is 60.7 Å². The first-order valence-corrected chi connectivity index (χ1v) is 14.3. The van der Waals surface area contributed by atoms with Crippen LogP contribution in [0.4, 0.5) is 5.82 Å². The van der Waals surface area contributed by atoms with Crippen LogP contribution in [0, 0.1) is 0 Å². The van der Waals surface area contributed by atoms with E-state index in [0.717, 1.165) is 16.9 Å². The number of methoxy groups -OCH3 is 2. The number of hydrogen-bond donors (Lipinski definition) is 0. The summed E-state index contributed by atoms with van der Waals surface area (Å²) >= 11 is 0. The fraction of sp³-hybridized carbons (Fsp3) is 0.273. The highest BCUT2D eigenvalue weighted by molar-refractivity contribution is 5.97. The molecule has 11 nitrogen and oxygen atoms in total. The van der Waals surface area contributed by atoms with Gasteiger partial charge >= 0.3 is 0 Å². The summed E-state index contributed by atoms with van der Waals surface area (Å²) in [6.07, 6.45) is 0. The van der Waals surface area contributed by atoms with E-state index >= 15 is 0 Å². The van der Waals surface area contributed by atoms with E-state index in [9.17, 15) is 9.59 Å². The van der Waals surface area contributed by atoms with Crippen molar-refractivity contribution in [3.63, 3.8) is 0 Å². The number of anilines is 1. The van der Waals surface area contributed by atoms with Gasteiger partial charge in [0.05, 0.1) is 19.9 Å². The van der Waals surface area contributed by atoms with Crippen molar-refractivity contribution < 1.29 is 28.5 Å². The molecule has 0 spiro atoms. The van der Waals surface area contributed by atoms with Gasteiger partial charge in [0.1, 0.15) is 6.54 Å². The molecule has 1 saturated heterocycles. The third-order valence-corrected chi connectivity index (χ3v) is 7.74. The number of ether oxygens (including phenoxy) is 4. The molecule has 0 bridgehead atoms. The van der Waals surface area contributed by atoms with Gasteiger partial charge < -0.3 is 33.6 Å². The summed E-state index contributed by atoms with van der Waals surface area (Å²) in [7, 11) is 3.19.